The smallest absolute Gasteiger partial charge is 0.406 e. The molecule has 1 unspecified atom stereocenters. The number of ether oxygens (including phenoxy) is 1. The van der Waals surface area contributed by atoms with Crippen LogP contribution in [0.4, 0.5) is 18.9 Å². The number of pyridine rings is 2. The summed E-state index contributed by atoms with van der Waals surface area (Å²) in [6, 6.07) is 18.8. The summed E-state index contributed by atoms with van der Waals surface area (Å²) < 4.78 is 41.4. The number of hydrogen-bond donors (Lipinski definition) is 1. The van der Waals surface area contributed by atoms with Crippen molar-refractivity contribution in [3.63, 3.8) is 0 Å². The van der Waals surface area contributed by atoms with Gasteiger partial charge in [-0.3, -0.25) is 19.7 Å². The van der Waals surface area contributed by atoms with Gasteiger partial charge in [-0.25, -0.2) is 0 Å². The van der Waals surface area contributed by atoms with Crippen molar-refractivity contribution in [2.24, 2.45) is 0 Å². The van der Waals surface area contributed by atoms with Crippen molar-refractivity contribution >= 4 is 11.6 Å². The number of rotatable bonds is 7. The summed E-state index contributed by atoms with van der Waals surface area (Å²) in [5, 5.41) is 2.92. The second kappa shape index (κ2) is 11.9. The third kappa shape index (κ3) is 6.84. The molecule has 3 heterocycles. The zero-order chi connectivity index (χ0) is 28.1. The van der Waals surface area contributed by atoms with Crippen LogP contribution >= 0.6 is 0 Å². The van der Waals surface area contributed by atoms with Crippen molar-refractivity contribution < 1.29 is 22.7 Å². The molecule has 5 rings (SSSR count). The predicted octanol–water partition coefficient (Wildman–Crippen LogP) is 6.98. The molecule has 1 aliphatic rings. The average molecular weight is 547 g/mol. The Balaban J connectivity index is 1.23. The number of likely N-dealkylation sites (tertiary alicyclic amines) is 1. The Labute approximate surface area is 230 Å². The molecule has 6 nitrogen and oxygen atoms in total. The third-order valence-corrected chi connectivity index (χ3v) is 7.10. The molecule has 1 fully saturated rings. The van der Waals surface area contributed by atoms with Gasteiger partial charge in [0.15, 0.2) is 0 Å². The number of aromatic nitrogens is 2. The zero-order valence-corrected chi connectivity index (χ0v) is 22.0. The van der Waals surface area contributed by atoms with E-state index in [4.69, 9.17) is 0 Å². The maximum atomic E-state index is 13.1. The highest BCUT2D eigenvalue weighted by Gasteiger charge is 2.31. The fourth-order valence-electron chi connectivity index (χ4n) is 5.14. The Morgan fingerprint density at radius 3 is 2.52 bits per heavy atom. The van der Waals surface area contributed by atoms with Crippen LogP contribution in [-0.4, -0.2) is 40.2 Å². The lowest BCUT2D eigenvalue weighted by atomic mass is 9.94. The van der Waals surface area contributed by atoms with E-state index in [1.54, 1.807) is 18.3 Å². The van der Waals surface area contributed by atoms with Crippen LogP contribution < -0.4 is 10.1 Å². The molecule has 2 aromatic heterocycles. The van der Waals surface area contributed by atoms with Crippen LogP contribution in [-0.2, 0) is 6.54 Å². The van der Waals surface area contributed by atoms with Gasteiger partial charge in [0.1, 0.15) is 5.75 Å². The SMILES string of the molecule is Cc1c(C(=O)Nc2ccc(C3CCCN(Cc4ccncc4)C3)nc2)cccc1-c1ccc(OC(F)(F)F)cc1. The highest BCUT2D eigenvalue weighted by molar-refractivity contribution is 6.06. The highest BCUT2D eigenvalue weighted by Crippen LogP contribution is 2.30. The maximum Gasteiger partial charge on any atom is 0.573 e. The lowest BCUT2D eigenvalue weighted by Crippen LogP contribution is -2.34. The summed E-state index contributed by atoms with van der Waals surface area (Å²) in [4.78, 5) is 24.3. The van der Waals surface area contributed by atoms with Crippen molar-refractivity contribution in [1.82, 2.24) is 14.9 Å². The topological polar surface area (TPSA) is 67.4 Å². The molecule has 1 atom stereocenters. The normalized spacial score (nSPS) is 15.9. The number of alkyl halides is 3. The standard InChI is InChI=1S/C31H29F3N4O2/c1-21-27(23-7-10-26(11-8-23)40-31(32,33)34)5-2-6-28(21)30(39)37-25-9-12-29(36-18-25)24-4-3-17-38(20-24)19-22-13-15-35-16-14-22/h2,5-16,18,24H,3-4,17,19-20H2,1H3,(H,37,39). The lowest BCUT2D eigenvalue weighted by molar-refractivity contribution is -0.274. The summed E-state index contributed by atoms with van der Waals surface area (Å²) >= 11 is 0. The highest BCUT2D eigenvalue weighted by atomic mass is 19.4. The molecule has 1 saturated heterocycles. The second-order valence-electron chi connectivity index (χ2n) is 9.91. The van der Waals surface area contributed by atoms with Gasteiger partial charge >= 0.3 is 6.36 Å². The molecule has 40 heavy (non-hydrogen) atoms. The Morgan fingerprint density at radius 1 is 1.05 bits per heavy atom. The molecule has 4 aromatic rings. The minimum atomic E-state index is -4.75. The lowest BCUT2D eigenvalue weighted by Gasteiger charge is -2.32. The zero-order valence-electron chi connectivity index (χ0n) is 22.0. The Morgan fingerprint density at radius 2 is 1.82 bits per heavy atom. The molecular formula is C31H29F3N4O2. The number of piperidine rings is 1. The Kier molecular flexibility index (Phi) is 8.11. The number of halogens is 3. The van der Waals surface area contributed by atoms with E-state index < -0.39 is 6.36 Å². The number of amides is 1. The van der Waals surface area contributed by atoms with Gasteiger partial charge in [-0.05, 0) is 91.0 Å². The van der Waals surface area contributed by atoms with Crippen LogP contribution in [0.5, 0.6) is 5.75 Å². The van der Waals surface area contributed by atoms with Gasteiger partial charge in [-0.2, -0.15) is 0 Å². The van der Waals surface area contributed by atoms with E-state index in [9.17, 15) is 18.0 Å². The first-order valence-corrected chi connectivity index (χ1v) is 13.1. The van der Waals surface area contributed by atoms with Gasteiger partial charge in [-0.1, -0.05) is 24.3 Å². The van der Waals surface area contributed by atoms with E-state index >= 15 is 0 Å². The van der Waals surface area contributed by atoms with E-state index in [2.05, 4.69) is 24.9 Å². The van der Waals surface area contributed by atoms with Crippen molar-refractivity contribution in [3.05, 3.63) is 108 Å². The minimum absolute atomic E-state index is 0.285. The van der Waals surface area contributed by atoms with Gasteiger partial charge < -0.3 is 10.1 Å². The molecule has 0 bridgehead atoms. The predicted molar refractivity (Wildman–Crippen MR) is 147 cm³/mol. The number of carbonyl (C=O) groups is 1. The average Bonchev–Trinajstić information content (AvgIpc) is 2.94. The van der Waals surface area contributed by atoms with Gasteiger partial charge in [-0.15, -0.1) is 13.2 Å². The van der Waals surface area contributed by atoms with E-state index in [0.717, 1.165) is 43.7 Å². The fraction of sp³-hybridized carbons (Fsp3) is 0.258. The van der Waals surface area contributed by atoms with Crippen LogP contribution in [0.2, 0.25) is 0 Å². The van der Waals surface area contributed by atoms with Crippen molar-refractivity contribution in [2.75, 3.05) is 18.4 Å². The first-order chi connectivity index (χ1) is 19.2. The molecule has 206 valence electrons. The molecule has 1 aliphatic heterocycles. The molecule has 0 aliphatic carbocycles. The summed E-state index contributed by atoms with van der Waals surface area (Å²) in [5.41, 5.74) is 5.45. The van der Waals surface area contributed by atoms with Crippen molar-refractivity contribution in [1.29, 1.82) is 0 Å². The number of carbonyl (C=O) groups excluding carboxylic acids is 1. The van der Waals surface area contributed by atoms with Gasteiger partial charge in [0.05, 0.1) is 11.9 Å². The van der Waals surface area contributed by atoms with Crippen LogP contribution in [0.15, 0.2) is 85.3 Å². The number of anilines is 1. The van der Waals surface area contributed by atoms with Crippen LogP contribution in [0.25, 0.3) is 11.1 Å². The summed E-state index contributed by atoms with van der Waals surface area (Å²) in [6.07, 6.45) is 2.74. The van der Waals surface area contributed by atoms with Gasteiger partial charge in [0.2, 0.25) is 0 Å². The van der Waals surface area contributed by atoms with Crippen LogP contribution in [0.3, 0.4) is 0 Å². The minimum Gasteiger partial charge on any atom is -0.406 e. The quantitative estimate of drug-likeness (QED) is 0.271. The molecule has 1 amide bonds. The Hall–Kier alpha value is -4.24. The number of benzene rings is 2. The van der Waals surface area contributed by atoms with Gasteiger partial charge in [0, 0.05) is 42.7 Å². The third-order valence-electron chi connectivity index (χ3n) is 7.10. The summed E-state index contributed by atoms with van der Waals surface area (Å²) in [6.45, 7) is 4.68. The first kappa shape index (κ1) is 27.3. The first-order valence-electron chi connectivity index (χ1n) is 13.1. The molecule has 0 radical (unpaired) electrons. The number of hydrogen-bond acceptors (Lipinski definition) is 5. The van der Waals surface area contributed by atoms with E-state index in [1.165, 1.54) is 29.8 Å². The number of nitrogens with one attached hydrogen (secondary N) is 1. The van der Waals surface area contributed by atoms with E-state index in [-0.39, 0.29) is 11.7 Å². The van der Waals surface area contributed by atoms with Crippen molar-refractivity contribution in [3.8, 4) is 16.9 Å². The molecule has 2 aromatic carbocycles. The van der Waals surface area contributed by atoms with E-state index in [1.807, 2.05) is 49.6 Å². The van der Waals surface area contributed by atoms with E-state index in [0.29, 0.717) is 28.3 Å². The maximum absolute atomic E-state index is 13.1. The molecule has 1 N–H and O–H groups in total. The summed E-state index contributed by atoms with van der Waals surface area (Å²) in [7, 11) is 0. The molecule has 0 saturated carbocycles. The molecule has 0 spiro atoms. The Bertz CT molecular complexity index is 1440. The van der Waals surface area contributed by atoms with Gasteiger partial charge in [0.25, 0.3) is 5.91 Å². The van der Waals surface area contributed by atoms with Crippen LogP contribution in [0.1, 0.15) is 45.9 Å². The summed E-state index contributed by atoms with van der Waals surface area (Å²) in [5.74, 6) is -0.257. The fourth-order valence-corrected chi connectivity index (χ4v) is 5.14. The van der Waals surface area contributed by atoms with Crippen molar-refractivity contribution in [2.45, 2.75) is 38.6 Å². The number of nitrogens with zero attached hydrogens (tertiary/aromatic N) is 3. The largest absolute Gasteiger partial charge is 0.573 e. The second-order valence-corrected chi connectivity index (χ2v) is 9.91. The van der Waals surface area contributed by atoms with Crippen LogP contribution in [0, 0.1) is 6.92 Å². The molecular weight excluding hydrogens is 517 g/mol. The monoisotopic (exact) mass is 546 g/mol. The molecule has 9 heteroatoms.